The lowest BCUT2D eigenvalue weighted by molar-refractivity contribution is -0.127. The number of hydrogen-bond acceptors (Lipinski definition) is 5. The highest BCUT2D eigenvalue weighted by molar-refractivity contribution is 5.78. The molecule has 1 atom stereocenters. The lowest BCUT2D eigenvalue weighted by atomic mass is 9.93. The van der Waals surface area contributed by atoms with Crippen LogP contribution in [-0.2, 0) is 16.1 Å². The predicted molar refractivity (Wildman–Crippen MR) is 104 cm³/mol. The van der Waals surface area contributed by atoms with Crippen LogP contribution >= 0.6 is 0 Å². The molecular formula is C20H31N5O2. The van der Waals surface area contributed by atoms with Gasteiger partial charge in [-0.05, 0) is 57.5 Å². The number of nitrogens with zero attached hydrogens (tertiary/aromatic N) is 3. The summed E-state index contributed by atoms with van der Waals surface area (Å²) in [6.45, 7) is 5.20. The molecule has 0 bridgehead atoms. The third kappa shape index (κ3) is 6.01. The summed E-state index contributed by atoms with van der Waals surface area (Å²) in [4.78, 5) is 32.6. The van der Waals surface area contributed by atoms with Crippen LogP contribution in [0.5, 0.6) is 0 Å². The van der Waals surface area contributed by atoms with Gasteiger partial charge in [0.25, 0.3) is 0 Å². The summed E-state index contributed by atoms with van der Waals surface area (Å²) in [5.74, 6) is -0.0210. The lowest BCUT2D eigenvalue weighted by Gasteiger charge is -2.42. The largest absolute Gasteiger partial charge is 0.370 e. The number of amides is 2. The predicted octanol–water partition coefficient (Wildman–Crippen LogP) is 0.750. The van der Waals surface area contributed by atoms with E-state index in [-0.39, 0.29) is 17.7 Å². The molecule has 0 aromatic carbocycles. The quantitative estimate of drug-likeness (QED) is 0.736. The second kappa shape index (κ2) is 9.80. The van der Waals surface area contributed by atoms with Gasteiger partial charge in [-0.25, -0.2) is 0 Å². The van der Waals surface area contributed by atoms with E-state index in [1.54, 1.807) is 6.20 Å². The molecule has 0 radical (unpaired) electrons. The molecule has 3 N–H and O–H groups in total. The van der Waals surface area contributed by atoms with E-state index < -0.39 is 0 Å². The highest BCUT2D eigenvalue weighted by atomic mass is 16.2. The van der Waals surface area contributed by atoms with Gasteiger partial charge in [0.15, 0.2) is 0 Å². The zero-order chi connectivity index (χ0) is 19.1. The molecule has 148 valence electrons. The Morgan fingerprint density at radius 3 is 2.70 bits per heavy atom. The number of carbonyl (C=O) groups is 2. The van der Waals surface area contributed by atoms with Gasteiger partial charge in [-0.1, -0.05) is 6.07 Å². The SMILES string of the molecule is NC(=O)CCN1CCC(N2CCC[C@@H](C(=O)NCc3ccccn3)C2)CC1. The maximum atomic E-state index is 12.6. The van der Waals surface area contributed by atoms with E-state index in [9.17, 15) is 9.59 Å². The molecule has 0 unspecified atom stereocenters. The second-order valence-electron chi connectivity index (χ2n) is 7.66. The molecule has 1 aromatic rings. The van der Waals surface area contributed by atoms with Crippen LogP contribution in [0.15, 0.2) is 24.4 Å². The van der Waals surface area contributed by atoms with Crippen molar-refractivity contribution in [3.8, 4) is 0 Å². The number of hydrogen-bond donors (Lipinski definition) is 2. The van der Waals surface area contributed by atoms with Gasteiger partial charge in [-0.3, -0.25) is 19.5 Å². The van der Waals surface area contributed by atoms with Crippen molar-refractivity contribution >= 4 is 11.8 Å². The van der Waals surface area contributed by atoms with Crippen molar-refractivity contribution in [2.75, 3.05) is 32.7 Å². The molecule has 7 nitrogen and oxygen atoms in total. The Kier molecular flexibility index (Phi) is 7.18. The average Bonchev–Trinajstić information content (AvgIpc) is 2.71. The molecule has 0 saturated carbocycles. The number of nitrogens with one attached hydrogen (secondary N) is 1. The van der Waals surface area contributed by atoms with E-state index in [2.05, 4.69) is 20.1 Å². The van der Waals surface area contributed by atoms with Gasteiger partial charge >= 0.3 is 0 Å². The van der Waals surface area contributed by atoms with E-state index >= 15 is 0 Å². The normalized spacial score (nSPS) is 22.4. The van der Waals surface area contributed by atoms with Gasteiger partial charge in [-0.2, -0.15) is 0 Å². The fraction of sp³-hybridized carbons (Fsp3) is 0.650. The molecule has 2 aliphatic rings. The number of piperidine rings is 2. The Balaban J connectivity index is 1.42. The summed E-state index contributed by atoms with van der Waals surface area (Å²) in [6, 6.07) is 6.29. The van der Waals surface area contributed by atoms with E-state index in [0.717, 1.165) is 64.1 Å². The third-order valence-corrected chi connectivity index (χ3v) is 5.74. The minimum Gasteiger partial charge on any atom is -0.370 e. The van der Waals surface area contributed by atoms with Gasteiger partial charge in [0.1, 0.15) is 0 Å². The Labute approximate surface area is 161 Å². The Bertz CT molecular complexity index is 616. The van der Waals surface area contributed by atoms with Gasteiger partial charge in [0, 0.05) is 31.7 Å². The summed E-state index contributed by atoms with van der Waals surface area (Å²) >= 11 is 0. The minimum absolute atomic E-state index is 0.0651. The Hall–Kier alpha value is -1.99. The van der Waals surface area contributed by atoms with E-state index in [4.69, 9.17) is 5.73 Å². The number of primary amides is 1. The number of aromatic nitrogens is 1. The van der Waals surface area contributed by atoms with Crippen molar-refractivity contribution in [1.82, 2.24) is 20.1 Å². The molecule has 0 aliphatic carbocycles. The number of likely N-dealkylation sites (tertiary alicyclic amines) is 2. The summed E-state index contributed by atoms with van der Waals surface area (Å²) in [5.41, 5.74) is 6.13. The van der Waals surface area contributed by atoms with E-state index in [0.29, 0.717) is 19.0 Å². The molecule has 2 aliphatic heterocycles. The van der Waals surface area contributed by atoms with Crippen molar-refractivity contribution in [2.45, 2.75) is 44.7 Å². The summed E-state index contributed by atoms with van der Waals surface area (Å²) in [7, 11) is 0. The number of pyridine rings is 1. The lowest BCUT2D eigenvalue weighted by Crippen LogP contribution is -2.51. The van der Waals surface area contributed by atoms with Crippen molar-refractivity contribution in [2.24, 2.45) is 11.7 Å². The standard InChI is InChI=1S/C20H31N5O2/c21-19(26)8-13-24-11-6-18(7-12-24)25-10-3-4-16(15-25)20(27)23-14-17-5-1-2-9-22-17/h1-2,5,9,16,18H,3-4,6-8,10-15H2,(H2,21,26)(H,23,27)/t16-/m1/s1. The molecule has 3 rings (SSSR count). The minimum atomic E-state index is -0.229. The van der Waals surface area contributed by atoms with Crippen LogP contribution < -0.4 is 11.1 Å². The highest BCUT2D eigenvalue weighted by Gasteiger charge is 2.31. The molecule has 3 heterocycles. The first kappa shape index (κ1) is 19.8. The molecular weight excluding hydrogens is 342 g/mol. The molecule has 7 heteroatoms. The zero-order valence-electron chi connectivity index (χ0n) is 16.0. The van der Waals surface area contributed by atoms with Crippen LogP contribution in [0.1, 0.15) is 37.8 Å². The van der Waals surface area contributed by atoms with Crippen LogP contribution in [0.2, 0.25) is 0 Å². The van der Waals surface area contributed by atoms with Crippen LogP contribution in [0.4, 0.5) is 0 Å². The van der Waals surface area contributed by atoms with E-state index in [1.807, 2.05) is 18.2 Å². The molecule has 2 saturated heterocycles. The summed E-state index contributed by atoms with van der Waals surface area (Å²) < 4.78 is 0. The van der Waals surface area contributed by atoms with Crippen LogP contribution in [0, 0.1) is 5.92 Å². The third-order valence-electron chi connectivity index (χ3n) is 5.74. The number of nitrogens with two attached hydrogens (primary N) is 1. The van der Waals surface area contributed by atoms with Gasteiger partial charge in [-0.15, -0.1) is 0 Å². The molecule has 1 aromatic heterocycles. The van der Waals surface area contributed by atoms with Crippen LogP contribution in [0.25, 0.3) is 0 Å². The van der Waals surface area contributed by atoms with Crippen LogP contribution in [0.3, 0.4) is 0 Å². The monoisotopic (exact) mass is 373 g/mol. The first-order valence-corrected chi connectivity index (χ1v) is 10.0. The van der Waals surface area contributed by atoms with Gasteiger partial charge in [0.05, 0.1) is 18.2 Å². The number of carbonyl (C=O) groups excluding carboxylic acids is 2. The first-order valence-electron chi connectivity index (χ1n) is 10.0. The first-order chi connectivity index (χ1) is 13.1. The van der Waals surface area contributed by atoms with Crippen molar-refractivity contribution in [3.05, 3.63) is 30.1 Å². The van der Waals surface area contributed by atoms with Crippen molar-refractivity contribution in [1.29, 1.82) is 0 Å². The Morgan fingerprint density at radius 2 is 2.00 bits per heavy atom. The van der Waals surface area contributed by atoms with Gasteiger partial charge < -0.3 is 16.0 Å². The Morgan fingerprint density at radius 1 is 1.19 bits per heavy atom. The average molecular weight is 374 g/mol. The van der Waals surface area contributed by atoms with Crippen molar-refractivity contribution < 1.29 is 9.59 Å². The van der Waals surface area contributed by atoms with Crippen LogP contribution in [-0.4, -0.2) is 65.4 Å². The smallest absolute Gasteiger partial charge is 0.224 e. The summed E-state index contributed by atoms with van der Waals surface area (Å²) in [6.07, 6.45) is 6.42. The highest BCUT2D eigenvalue weighted by Crippen LogP contribution is 2.24. The topological polar surface area (TPSA) is 91.6 Å². The van der Waals surface area contributed by atoms with Gasteiger partial charge in [0.2, 0.25) is 11.8 Å². The van der Waals surface area contributed by atoms with E-state index in [1.165, 1.54) is 0 Å². The summed E-state index contributed by atoms with van der Waals surface area (Å²) in [5, 5.41) is 3.05. The van der Waals surface area contributed by atoms with Crippen molar-refractivity contribution in [3.63, 3.8) is 0 Å². The fourth-order valence-electron chi connectivity index (χ4n) is 4.15. The second-order valence-corrected chi connectivity index (χ2v) is 7.66. The maximum Gasteiger partial charge on any atom is 0.224 e. The molecule has 0 spiro atoms. The molecule has 27 heavy (non-hydrogen) atoms. The number of rotatable bonds is 7. The fourth-order valence-corrected chi connectivity index (χ4v) is 4.15. The zero-order valence-corrected chi connectivity index (χ0v) is 16.0. The molecule has 2 amide bonds. The maximum absolute atomic E-state index is 12.6. The molecule has 2 fully saturated rings.